The van der Waals surface area contributed by atoms with Gasteiger partial charge in [-0.1, -0.05) is 0 Å². The van der Waals surface area contributed by atoms with Gasteiger partial charge in [0.2, 0.25) is 0 Å². The van der Waals surface area contributed by atoms with Crippen molar-refractivity contribution in [2.24, 2.45) is 0 Å². The highest BCUT2D eigenvalue weighted by atomic mass is 19.4. The van der Waals surface area contributed by atoms with Gasteiger partial charge in [0, 0.05) is 6.54 Å². The molecule has 1 rings (SSSR count). The van der Waals surface area contributed by atoms with Crippen LogP contribution < -0.4 is 4.90 Å². The number of hydrogen-bond acceptors (Lipinski definition) is 5. The third kappa shape index (κ3) is 4.34. The maximum absolute atomic E-state index is 12.7. The van der Waals surface area contributed by atoms with Crippen LogP contribution in [0.4, 0.5) is 19.0 Å². The molecule has 0 aliphatic rings. The molecule has 8 heteroatoms. The van der Waals surface area contributed by atoms with E-state index in [0.29, 0.717) is 0 Å². The average molecular weight is 301 g/mol. The van der Waals surface area contributed by atoms with E-state index in [1.54, 1.807) is 19.9 Å². The molecule has 0 saturated heterocycles. The molecule has 0 unspecified atom stereocenters. The number of carbonyl (C=O) groups excluding carboxylic acids is 1. The Morgan fingerprint density at radius 2 is 2.10 bits per heavy atom. The number of anilines is 1. The molecule has 5 nitrogen and oxygen atoms in total. The quantitative estimate of drug-likeness (QED) is 0.781. The van der Waals surface area contributed by atoms with Gasteiger partial charge in [-0.05, 0) is 26.0 Å². The molecule has 21 heavy (non-hydrogen) atoms. The first kappa shape index (κ1) is 16.8. The monoisotopic (exact) mass is 301 g/mol. The van der Waals surface area contributed by atoms with Crippen molar-refractivity contribution in [2.75, 3.05) is 24.6 Å². The fourth-order valence-corrected chi connectivity index (χ4v) is 1.63. The molecule has 0 N–H and O–H groups in total. The van der Waals surface area contributed by atoms with Crippen LogP contribution in [0.2, 0.25) is 0 Å². The van der Waals surface area contributed by atoms with Crippen LogP contribution in [0.3, 0.4) is 0 Å². The summed E-state index contributed by atoms with van der Waals surface area (Å²) in [6, 6.07) is 3.55. The van der Waals surface area contributed by atoms with Crippen LogP contribution in [0.1, 0.15) is 25.1 Å². The van der Waals surface area contributed by atoms with Gasteiger partial charge in [0.1, 0.15) is 24.1 Å². The molecule has 0 saturated carbocycles. The van der Waals surface area contributed by atoms with Gasteiger partial charge >= 0.3 is 12.1 Å². The second-order valence-electron chi connectivity index (χ2n) is 4.00. The predicted octanol–water partition coefficient (Wildman–Crippen LogP) is 2.36. The molecule has 0 radical (unpaired) electrons. The van der Waals surface area contributed by atoms with Crippen LogP contribution in [-0.4, -0.2) is 30.6 Å². The van der Waals surface area contributed by atoms with Gasteiger partial charge < -0.3 is 9.64 Å². The molecule has 0 amide bonds. The summed E-state index contributed by atoms with van der Waals surface area (Å²) in [6.07, 6.45) is -4.62. The Morgan fingerprint density at radius 3 is 2.57 bits per heavy atom. The number of alkyl halides is 3. The highest BCUT2D eigenvalue weighted by Crippen LogP contribution is 2.30. The van der Waals surface area contributed by atoms with Crippen molar-refractivity contribution in [1.82, 2.24) is 4.98 Å². The largest absolute Gasteiger partial charge is 0.465 e. The van der Waals surface area contributed by atoms with E-state index >= 15 is 0 Å². The van der Waals surface area contributed by atoms with Crippen LogP contribution in [0.25, 0.3) is 0 Å². The van der Waals surface area contributed by atoms with Gasteiger partial charge in [-0.25, -0.2) is 4.98 Å². The van der Waals surface area contributed by atoms with E-state index in [1.165, 1.54) is 4.90 Å². The Hall–Kier alpha value is -2.30. The summed E-state index contributed by atoms with van der Waals surface area (Å²) in [4.78, 5) is 16.2. The molecule has 0 aromatic carbocycles. The van der Waals surface area contributed by atoms with Crippen LogP contribution in [0.5, 0.6) is 0 Å². The van der Waals surface area contributed by atoms with Gasteiger partial charge in [-0.2, -0.15) is 18.4 Å². The second kappa shape index (κ2) is 6.92. The summed E-state index contributed by atoms with van der Waals surface area (Å²) >= 11 is 0. The predicted molar refractivity (Wildman–Crippen MR) is 68.5 cm³/mol. The Morgan fingerprint density at radius 1 is 1.43 bits per heavy atom. The van der Waals surface area contributed by atoms with E-state index in [1.807, 2.05) is 0 Å². The first-order valence-electron chi connectivity index (χ1n) is 6.22. The average Bonchev–Trinajstić information content (AvgIpc) is 2.43. The molecular weight excluding hydrogens is 287 g/mol. The zero-order chi connectivity index (χ0) is 16.0. The van der Waals surface area contributed by atoms with Crippen LogP contribution in [0, 0.1) is 11.3 Å². The van der Waals surface area contributed by atoms with Gasteiger partial charge in [0.25, 0.3) is 0 Å². The maximum atomic E-state index is 12.7. The minimum absolute atomic E-state index is 0.0332. The van der Waals surface area contributed by atoms with Crippen molar-refractivity contribution in [1.29, 1.82) is 5.26 Å². The lowest BCUT2D eigenvalue weighted by atomic mass is 10.2. The highest BCUT2D eigenvalue weighted by Gasteiger charge is 2.33. The van der Waals surface area contributed by atoms with E-state index < -0.39 is 17.8 Å². The summed E-state index contributed by atoms with van der Waals surface area (Å²) in [5.41, 5.74) is -1.15. The molecule has 0 bridgehead atoms. The number of esters is 1. The molecule has 1 heterocycles. The number of carbonyl (C=O) groups is 1. The van der Waals surface area contributed by atoms with Gasteiger partial charge in [-0.15, -0.1) is 0 Å². The fraction of sp³-hybridized carbons (Fsp3) is 0.462. The summed E-state index contributed by atoms with van der Waals surface area (Å²) in [7, 11) is 0. The van der Waals surface area contributed by atoms with Gasteiger partial charge in [0.05, 0.1) is 12.2 Å². The van der Waals surface area contributed by atoms with E-state index in [9.17, 15) is 18.0 Å². The number of nitrogens with zero attached hydrogens (tertiary/aromatic N) is 3. The molecule has 0 spiro atoms. The lowest BCUT2D eigenvalue weighted by Crippen LogP contribution is -2.32. The first-order chi connectivity index (χ1) is 9.83. The number of rotatable bonds is 5. The fourth-order valence-electron chi connectivity index (χ4n) is 1.63. The Balaban J connectivity index is 3.18. The third-order valence-corrected chi connectivity index (χ3v) is 2.59. The Labute approximate surface area is 119 Å². The number of pyridine rings is 1. The van der Waals surface area contributed by atoms with Crippen molar-refractivity contribution < 1.29 is 22.7 Å². The second-order valence-corrected chi connectivity index (χ2v) is 4.00. The number of nitriles is 1. The number of hydrogen-bond donors (Lipinski definition) is 0. The van der Waals surface area contributed by atoms with Crippen molar-refractivity contribution in [3.05, 3.63) is 23.4 Å². The van der Waals surface area contributed by atoms with Crippen LogP contribution in [-0.2, 0) is 15.7 Å². The van der Waals surface area contributed by atoms with Crippen LogP contribution >= 0.6 is 0 Å². The summed E-state index contributed by atoms with van der Waals surface area (Å²) < 4.78 is 42.8. The molecule has 114 valence electrons. The molecule has 0 aliphatic heterocycles. The molecular formula is C13H14F3N3O2. The number of likely N-dealkylation sites (N-methyl/N-ethyl adjacent to an activating group) is 1. The lowest BCUT2D eigenvalue weighted by Gasteiger charge is -2.22. The van der Waals surface area contributed by atoms with E-state index in [2.05, 4.69) is 4.98 Å². The number of ether oxygens (including phenoxy) is 1. The third-order valence-electron chi connectivity index (χ3n) is 2.59. The van der Waals surface area contributed by atoms with E-state index in [0.717, 1.165) is 12.1 Å². The van der Waals surface area contributed by atoms with Crippen molar-refractivity contribution in [3.8, 4) is 6.07 Å². The topological polar surface area (TPSA) is 66.2 Å². The normalized spacial score (nSPS) is 10.9. The smallest absolute Gasteiger partial charge is 0.433 e. The standard InChI is InChI=1S/C13H14F3N3O2/c1-3-19(8-11(20)21-4-2)12-9(7-17)5-6-10(18-12)13(14,15)16/h5-6H,3-4,8H2,1-2H3. The summed E-state index contributed by atoms with van der Waals surface area (Å²) in [5, 5.41) is 8.98. The zero-order valence-electron chi connectivity index (χ0n) is 11.6. The van der Waals surface area contributed by atoms with Crippen molar-refractivity contribution >= 4 is 11.8 Å². The molecule has 0 aliphatic carbocycles. The Kier molecular flexibility index (Phi) is 5.52. The Bertz CT molecular complexity index is 553. The van der Waals surface area contributed by atoms with Crippen molar-refractivity contribution in [3.63, 3.8) is 0 Å². The first-order valence-corrected chi connectivity index (χ1v) is 6.22. The minimum atomic E-state index is -4.62. The highest BCUT2D eigenvalue weighted by molar-refractivity contribution is 5.76. The summed E-state index contributed by atoms with van der Waals surface area (Å²) in [5.74, 6) is -0.773. The molecule has 1 aromatic heterocycles. The molecule has 1 aromatic rings. The van der Waals surface area contributed by atoms with Gasteiger partial charge in [0.15, 0.2) is 0 Å². The van der Waals surface area contributed by atoms with Crippen molar-refractivity contribution in [2.45, 2.75) is 20.0 Å². The molecule has 0 atom stereocenters. The SMILES string of the molecule is CCOC(=O)CN(CC)c1nc(C(F)(F)F)ccc1C#N. The van der Waals surface area contributed by atoms with Gasteiger partial charge in [-0.3, -0.25) is 4.79 Å². The maximum Gasteiger partial charge on any atom is 0.433 e. The summed E-state index contributed by atoms with van der Waals surface area (Å²) in [6.45, 7) is 3.37. The van der Waals surface area contributed by atoms with Crippen LogP contribution in [0.15, 0.2) is 12.1 Å². The lowest BCUT2D eigenvalue weighted by molar-refractivity contribution is -0.141. The van der Waals surface area contributed by atoms with E-state index in [-0.39, 0.29) is 31.1 Å². The van der Waals surface area contributed by atoms with E-state index in [4.69, 9.17) is 10.00 Å². The number of halogens is 3. The number of aromatic nitrogens is 1. The zero-order valence-corrected chi connectivity index (χ0v) is 11.6. The molecule has 0 fully saturated rings. The minimum Gasteiger partial charge on any atom is -0.465 e.